The summed E-state index contributed by atoms with van der Waals surface area (Å²) in [6, 6.07) is 15.3. The van der Waals surface area contributed by atoms with Crippen LogP contribution in [0.1, 0.15) is 56.6 Å². The Kier molecular flexibility index (Phi) is 7.63. The molecule has 200 valence electrons. The number of carbonyl (C=O) groups is 5. The van der Waals surface area contributed by atoms with Crippen LogP contribution in [0.5, 0.6) is 5.75 Å². The number of benzene rings is 2. The number of fused-ring (bicyclic) bond motifs is 1. The lowest BCUT2D eigenvalue weighted by Gasteiger charge is -2.30. The van der Waals surface area contributed by atoms with Gasteiger partial charge in [-0.1, -0.05) is 24.6 Å². The van der Waals surface area contributed by atoms with Crippen LogP contribution in [-0.4, -0.2) is 46.0 Å². The zero-order chi connectivity index (χ0) is 27.7. The molecule has 1 saturated heterocycles. The van der Waals surface area contributed by atoms with Gasteiger partial charge in [0.05, 0.1) is 11.8 Å². The van der Waals surface area contributed by atoms with Gasteiger partial charge in [0.15, 0.2) is 5.78 Å². The molecule has 1 aromatic heterocycles. The number of carbonyl (C=O) groups excluding carboxylic acids is 5. The maximum Gasteiger partial charge on any atom is 0.353 e. The van der Waals surface area contributed by atoms with Gasteiger partial charge in [0.1, 0.15) is 17.2 Å². The van der Waals surface area contributed by atoms with Crippen LogP contribution in [0.2, 0.25) is 5.02 Å². The summed E-state index contributed by atoms with van der Waals surface area (Å²) < 4.78 is 5.34. The average molecular weight is 565 g/mol. The Hall–Kier alpha value is -3.82. The Morgan fingerprint density at radius 3 is 2.28 bits per heavy atom. The molecule has 3 atom stereocenters. The van der Waals surface area contributed by atoms with Crippen molar-refractivity contribution in [2.75, 3.05) is 6.54 Å². The number of hydrogen-bond acceptors (Lipinski definition) is 7. The largest absolute Gasteiger partial charge is 0.422 e. The van der Waals surface area contributed by atoms with E-state index in [1.165, 1.54) is 59.9 Å². The van der Waals surface area contributed by atoms with Gasteiger partial charge >= 0.3 is 5.97 Å². The third kappa shape index (κ3) is 5.51. The SMILES string of the molecule is C[C@@H]1CC[C@H]2C(=O)N(N(CC(=O)c3ccc(OC(=O)c4cccs4)cc3)C(=O)c3ccc(Cl)cc3)C(=O)[C@@H]2C1. The summed E-state index contributed by atoms with van der Waals surface area (Å²) in [4.78, 5) is 66.4. The normalized spacial score (nSPS) is 20.5. The molecule has 2 aromatic carbocycles. The Morgan fingerprint density at radius 1 is 0.949 bits per heavy atom. The molecule has 0 bridgehead atoms. The van der Waals surface area contributed by atoms with Crippen molar-refractivity contribution in [1.82, 2.24) is 10.0 Å². The van der Waals surface area contributed by atoms with Gasteiger partial charge in [-0.05, 0) is 85.2 Å². The second-order valence-corrected chi connectivity index (χ2v) is 11.2. The third-order valence-electron chi connectivity index (χ3n) is 7.13. The number of nitrogens with zero attached hydrogens (tertiary/aromatic N) is 2. The molecule has 8 nitrogen and oxygen atoms in total. The first kappa shape index (κ1) is 26.8. The smallest absolute Gasteiger partial charge is 0.353 e. The third-order valence-corrected chi connectivity index (χ3v) is 8.24. The van der Waals surface area contributed by atoms with Gasteiger partial charge in [-0.15, -0.1) is 11.3 Å². The van der Waals surface area contributed by atoms with Crippen molar-refractivity contribution in [3.63, 3.8) is 0 Å². The standard InChI is InChI=1S/C29H25ClN2O6S/c1-17-4-13-22-23(15-17)28(36)32(27(22)35)31(26(34)19-5-9-20(30)10-6-19)16-24(33)18-7-11-21(12-8-18)38-29(37)25-3-2-14-39-25/h2-3,5-12,14,17,22-23H,4,13,15-16H2,1H3/t17-,22-,23-/m1/s1. The number of ether oxygens (including phenoxy) is 1. The molecule has 0 spiro atoms. The number of amides is 3. The van der Waals surface area contributed by atoms with Crippen molar-refractivity contribution >= 4 is 52.4 Å². The quantitative estimate of drug-likeness (QED) is 0.167. The minimum absolute atomic E-state index is 0.187. The molecule has 2 heterocycles. The lowest BCUT2D eigenvalue weighted by atomic mass is 9.76. The van der Waals surface area contributed by atoms with E-state index in [-0.39, 0.29) is 22.8 Å². The van der Waals surface area contributed by atoms with Crippen LogP contribution in [0.4, 0.5) is 0 Å². The van der Waals surface area contributed by atoms with Crippen molar-refractivity contribution in [3.05, 3.63) is 87.1 Å². The van der Waals surface area contributed by atoms with Crippen LogP contribution < -0.4 is 4.74 Å². The minimum Gasteiger partial charge on any atom is -0.422 e. The maximum absolute atomic E-state index is 13.6. The zero-order valence-corrected chi connectivity index (χ0v) is 22.6. The van der Waals surface area contributed by atoms with E-state index in [9.17, 15) is 24.0 Å². The van der Waals surface area contributed by atoms with E-state index in [1.807, 2.05) is 6.92 Å². The van der Waals surface area contributed by atoms with E-state index in [0.29, 0.717) is 22.7 Å². The van der Waals surface area contributed by atoms with Crippen LogP contribution >= 0.6 is 22.9 Å². The first-order chi connectivity index (χ1) is 18.7. The summed E-state index contributed by atoms with van der Waals surface area (Å²) in [5.41, 5.74) is 0.414. The highest BCUT2D eigenvalue weighted by atomic mass is 35.5. The van der Waals surface area contributed by atoms with Crippen LogP contribution in [-0.2, 0) is 9.59 Å². The lowest BCUT2D eigenvalue weighted by molar-refractivity contribution is -0.154. The fourth-order valence-electron chi connectivity index (χ4n) is 5.07. The first-order valence-electron chi connectivity index (χ1n) is 12.6. The molecule has 0 radical (unpaired) electrons. The van der Waals surface area contributed by atoms with Crippen LogP contribution in [0.15, 0.2) is 66.0 Å². The average Bonchev–Trinajstić information content (AvgIpc) is 3.55. The second kappa shape index (κ2) is 11.1. The van der Waals surface area contributed by atoms with Gasteiger partial charge in [0.2, 0.25) is 0 Å². The van der Waals surface area contributed by atoms with E-state index in [2.05, 4.69) is 0 Å². The number of hydrogen-bond donors (Lipinski definition) is 0. The topological polar surface area (TPSA) is 101 Å². The highest BCUT2D eigenvalue weighted by Gasteiger charge is 2.52. The second-order valence-electron chi connectivity index (χ2n) is 9.80. The fourth-order valence-corrected chi connectivity index (χ4v) is 5.80. The van der Waals surface area contributed by atoms with Gasteiger partial charge < -0.3 is 4.74 Å². The number of Topliss-reactive ketones (excluding diaryl/α,β-unsaturated/α-hetero) is 1. The number of ketones is 1. The van der Waals surface area contributed by atoms with Crippen molar-refractivity contribution < 1.29 is 28.7 Å². The fraction of sp³-hybridized carbons (Fsp3) is 0.276. The van der Waals surface area contributed by atoms with Crippen LogP contribution in [0.3, 0.4) is 0 Å². The molecule has 2 aliphatic rings. The van der Waals surface area contributed by atoms with Crippen molar-refractivity contribution in [1.29, 1.82) is 0 Å². The summed E-state index contributed by atoms with van der Waals surface area (Å²) in [7, 11) is 0. The Bertz CT molecular complexity index is 1420. The van der Waals surface area contributed by atoms with Crippen molar-refractivity contribution in [2.24, 2.45) is 17.8 Å². The molecule has 0 N–H and O–H groups in total. The van der Waals surface area contributed by atoms with E-state index in [1.54, 1.807) is 17.5 Å². The summed E-state index contributed by atoms with van der Waals surface area (Å²) in [6.45, 7) is 1.51. The molecule has 1 aliphatic carbocycles. The van der Waals surface area contributed by atoms with E-state index < -0.39 is 47.9 Å². The maximum atomic E-state index is 13.6. The van der Waals surface area contributed by atoms with Gasteiger partial charge in [-0.3, -0.25) is 19.2 Å². The first-order valence-corrected chi connectivity index (χ1v) is 13.8. The highest BCUT2D eigenvalue weighted by molar-refractivity contribution is 7.12. The molecule has 0 unspecified atom stereocenters. The summed E-state index contributed by atoms with van der Waals surface area (Å²) in [6.07, 6.45) is 1.95. The molecule has 1 saturated carbocycles. The highest BCUT2D eigenvalue weighted by Crippen LogP contribution is 2.41. The van der Waals surface area contributed by atoms with Crippen molar-refractivity contribution in [2.45, 2.75) is 26.2 Å². The predicted octanol–water partition coefficient (Wildman–Crippen LogP) is 5.28. The number of thiophene rings is 1. The zero-order valence-electron chi connectivity index (χ0n) is 21.0. The molecule has 10 heteroatoms. The Labute approximate surface area is 234 Å². The number of imide groups is 1. The Morgan fingerprint density at radius 2 is 1.62 bits per heavy atom. The number of esters is 1. The monoisotopic (exact) mass is 564 g/mol. The molecule has 5 rings (SSSR count). The molecule has 1 aliphatic heterocycles. The van der Waals surface area contributed by atoms with E-state index >= 15 is 0 Å². The molecule has 39 heavy (non-hydrogen) atoms. The van der Waals surface area contributed by atoms with Crippen LogP contribution in [0, 0.1) is 17.8 Å². The minimum atomic E-state index is -0.657. The van der Waals surface area contributed by atoms with E-state index in [4.69, 9.17) is 16.3 Å². The van der Waals surface area contributed by atoms with E-state index in [0.717, 1.165) is 16.4 Å². The van der Waals surface area contributed by atoms with Gasteiger partial charge in [0.25, 0.3) is 17.7 Å². The number of hydrazine groups is 1. The van der Waals surface area contributed by atoms with Crippen LogP contribution in [0.25, 0.3) is 0 Å². The molecular formula is C29H25ClN2O6S. The number of halogens is 1. The molecule has 2 fully saturated rings. The summed E-state index contributed by atoms with van der Waals surface area (Å²) in [5.74, 6) is -3.03. The van der Waals surface area contributed by atoms with Gasteiger partial charge in [-0.25, -0.2) is 9.80 Å². The summed E-state index contributed by atoms with van der Waals surface area (Å²) >= 11 is 7.23. The predicted molar refractivity (Wildman–Crippen MR) is 144 cm³/mol. The Balaban J connectivity index is 1.38. The number of rotatable bonds is 7. The summed E-state index contributed by atoms with van der Waals surface area (Å²) in [5, 5.41) is 4.01. The molecule has 3 amide bonds. The lowest BCUT2D eigenvalue weighted by Crippen LogP contribution is -2.52. The van der Waals surface area contributed by atoms with Crippen molar-refractivity contribution in [3.8, 4) is 5.75 Å². The van der Waals surface area contributed by atoms with Gasteiger partial charge in [0, 0.05) is 16.1 Å². The molecule has 3 aromatic rings. The van der Waals surface area contributed by atoms with Gasteiger partial charge in [-0.2, -0.15) is 5.01 Å². The molecular weight excluding hydrogens is 540 g/mol.